The fourth-order valence-corrected chi connectivity index (χ4v) is 3.94. The van der Waals surface area contributed by atoms with Crippen LogP contribution in [-0.2, 0) is 22.3 Å². The van der Waals surface area contributed by atoms with Gasteiger partial charge in [0.2, 0.25) is 11.6 Å². The molecular formula is C22H19F3N6O3. The maximum atomic E-state index is 13.3. The van der Waals surface area contributed by atoms with Gasteiger partial charge in [0.15, 0.2) is 5.82 Å². The molecule has 2 aromatic carbocycles. The van der Waals surface area contributed by atoms with Crippen molar-refractivity contribution in [3.05, 3.63) is 64.6 Å². The van der Waals surface area contributed by atoms with E-state index < -0.39 is 35.6 Å². The Balaban J connectivity index is 1.54. The van der Waals surface area contributed by atoms with Crippen LogP contribution in [0.3, 0.4) is 0 Å². The number of carbonyl (C=O) groups excluding carboxylic acids is 1. The quantitative estimate of drug-likeness (QED) is 0.491. The van der Waals surface area contributed by atoms with Crippen molar-refractivity contribution >= 4 is 34.1 Å². The summed E-state index contributed by atoms with van der Waals surface area (Å²) in [5.74, 6) is -0.340. The third kappa shape index (κ3) is 3.96. The molecule has 1 aliphatic rings. The van der Waals surface area contributed by atoms with Crippen LogP contribution in [0.1, 0.15) is 5.56 Å². The van der Waals surface area contributed by atoms with E-state index in [1.54, 1.807) is 24.3 Å². The lowest BCUT2D eigenvalue weighted by Crippen LogP contribution is -2.37. The third-order valence-corrected chi connectivity index (χ3v) is 5.50. The zero-order valence-corrected chi connectivity index (χ0v) is 17.7. The van der Waals surface area contributed by atoms with Crippen molar-refractivity contribution in [3.63, 3.8) is 0 Å². The summed E-state index contributed by atoms with van der Waals surface area (Å²) in [7, 11) is 0. The minimum atomic E-state index is -4.64. The Labute approximate surface area is 190 Å². The third-order valence-electron chi connectivity index (χ3n) is 5.50. The van der Waals surface area contributed by atoms with Crippen LogP contribution in [0.15, 0.2) is 53.3 Å². The Hall–Kier alpha value is -3.93. The highest BCUT2D eigenvalue weighted by Gasteiger charge is 2.33. The molecule has 1 amide bonds. The Morgan fingerprint density at radius 2 is 1.76 bits per heavy atom. The van der Waals surface area contributed by atoms with E-state index in [2.05, 4.69) is 15.4 Å². The molecule has 0 radical (unpaired) electrons. The summed E-state index contributed by atoms with van der Waals surface area (Å²) >= 11 is 0. The molecule has 34 heavy (non-hydrogen) atoms. The molecule has 0 spiro atoms. The summed E-state index contributed by atoms with van der Waals surface area (Å²) in [5.41, 5.74) is -0.625. The molecule has 1 saturated heterocycles. The van der Waals surface area contributed by atoms with Crippen LogP contribution in [0.2, 0.25) is 0 Å². The first-order chi connectivity index (χ1) is 16.3. The molecule has 12 heteroatoms. The Morgan fingerprint density at radius 3 is 2.53 bits per heavy atom. The van der Waals surface area contributed by atoms with Gasteiger partial charge in [-0.25, -0.2) is 18.9 Å². The standard InChI is InChI=1S/C22H19F3N6O3/c23-22(24,25)14-5-1-2-6-15(14)26-18(32)13-30-21(33)31-17-8-4-3-7-16(17)27-19(20(31)28-30)29-9-11-34-12-10-29/h1-8H,9-13H2,(H,26,32). The highest BCUT2D eigenvalue weighted by molar-refractivity contribution is 5.91. The van der Waals surface area contributed by atoms with E-state index >= 15 is 0 Å². The number of carbonyl (C=O) groups is 1. The summed E-state index contributed by atoms with van der Waals surface area (Å²) in [6, 6.07) is 11.7. The fourth-order valence-electron chi connectivity index (χ4n) is 3.94. The highest BCUT2D eigenvalue weighted by Crippen LogP contribution is 2.34. The number of nitrogens with one attached hydrogen (secondary N) is 1. The van der Waals surface area contributed by atoms with Gasteiger partial charge in [-0.3, -0.25) is 4.79 Å². The van der Waals surface area contributed by atoms with Crippen molar-refractivity contribution < 1.29 is 22.7 Å². The van der Waals surface area contributed by atoms with E-state index in [1.165, 1.54) is 16.5 Å². The molecule has 9 nitrogen and oxygen atoms in total. The van der Waals surface area contributed by atoms with E-state index in [-0.39, 0.29) is 5.65 Å². The molecule has 0 aliphatic carbocycles. The molecular weight excluding hydrogens is 453 g/mol. The number of aromatic nitrogens is 4. The van der Waals surface area contributed by atoms with Gasteiger partial charge < -0.3 is 15.0 Å². The molecule has 3 heterocycles. The van der Waals surface area contributed by atoms with Gasteiger partial charge in [0, 0.05) is 13.1 Å². The van der Waals surface area contributed by atoms with Crippen molar-refractivity contribution in [2.24, 2.45) is 0 Å². The zero-order chi connectivity index (χ0) is 23.9. The van der Waals surface area contributed by atoms with E-state index in [0.717, 1.165) is 16.8 Å². The lowest BCUT2D eigenvalue weighted by Gasteiger charge is -2.27. The zero-order valence-electron chi connectivity index (χ0n) is 17.7. The number of alkyl halides is 3. The molecule has 0 unspecified atom stereocenters. The Bertz CT molecular complexity index is 1440. The average molecular weight is 472 g/mol. The molecule has 1 aliphatic heterocycles. The van der Waals surface area contributed by atoms with Gasteiger partial charge >= 0.3 is 11.9 Å². The number of rotatable bonds is 4. The number of amides is 1. The van der Waals surface area contributed by atoms with E-state index in [0.29, 0.717) is 43.2 Å². The second kappa shape index (κ2) is 8.45. The first kappa shape index (κ1) is 21.9. The monoisotopic (exact) mass is 472 g/mol. The predicted molar refractivity (Wildman–Crippen MR) is 118 cm³/mol. The summed E-state index contributed by atoms with van der Waals surface area (Å²) in [5, 5.41) is 6.57. The average Bonchev–Trinajstić information content (AvgIpc) is 3.14. The Kier molecular flexibility index (Phi) is 5.44. The summed E-state index contributed by atoms with van der Waals surface area (Å²) in [6.45, 7) is 1.52. The minimum Gasteiger partial charge on any atom is -0.378 e. The largest absolute Gasteiger partial charge is 0.418 e. The number of benzene rings is 2. The smallest absolute Gasteiger partial charge is 0.378 e. The van der Waals surface area contributed by atoms with Crippen LogP contribution < -0.4 is 15.9 Å². The maximum absolute atomic E-state index is 13.3. The van der Waals surface area contributed by atoms with Gasteiger partial charge in [-0.2, -0.15) is 13.2 Å². The molecule has 0 saturated carbocycles. The fraction of sp³-hybridized carbons (Fsp3) is 0.273. The summed E-state index contributed by atoms with van der Waals surface area (Å²) in [6.07, 6.45) is -4.64. The van der Waals surface area contributed by atoms with E-state index in [4.69, 9.17) is 4.74 Å². The minimum absolute atomic E-state index is 0.258. The second-order valence-corrected chi connectivity index (χ2v) is 7.71. The van der Waals surface area contributed by atoms with Crippen molar-refractivity contribution in [3.8, 4) is 0 Å². The predicted octanol–water partition coefficient (Wildman–Crippen LogP) is 2.54. The van der Waals surface area contributed by atoms with Crippen LogP contribution in [0.4, 0.5) is 24.7 Å². The maximum Gasteiger partial charge on any atom is 0.418 e. The second-order valence-electron chi connectivity index (χ2n) is 7.71. The first-order valence-corrected chi connectivity index (χ1v) is 10.5. The van der Waals surface area contributed by atoms with Crippen LogP contribution in [0, 0.1) is 0 Å². The normalized spacial score (nSPS) is 14.6. The van der Waals surface area contributed by atoms with Crippen molar-refractivity contribution in [1.82, 2.24) is 19.2 Å². The molecule has 176 valence electrons. The van der Waals surface area contributed by atoms with Crippen molar-refractivity contribution in [2.45, 2.75) is 12.7 Å². The van der Waals surface area contributed by atoms with E-state index in [9.17, 15) is 22.8 Å². The topological polar surface area (TPSA) is 93.8 Å². The number of hydrogen-bond acceptors (Lipinski definition) is 6. The van der Waals surface area contributed by atoms with Gasteiger partial charge in [-0.05, 0) is 24.3 Å². The first-order valence-electron chi connectivity index (χ1n) is 10.5. The van der Waals surface area contributed by atoms with Crippen LogP contribution >= 0.6 is 0 Å². The number of anilines is 2. The van der Waals surface area contributed by atoms with Gasteiger partial charge in [-0.15, -0.1) is 5.10 Å². The van der Waals surface area contributed by atoms with Gasteiger partial charge in [0.1, 0.15) is 6.54 Å². The highest BCUT2D eigenvalue weighted by atomic mass is 19.4. The number of hydrogen-bond donors (Lipinski definition) is 1. The number of morpholine rings is 1. The van der Waals surface area contributed by atoms with Crippen molar-refractivity contribution in [2.75, 3.05) is 36.5 Å². The summed E-state index contributed by atoms with van der Waals surface area (Å²) in [4.78, 5) is 32.5. The van der Waals surface area contributed by atoms with Crippen LogP contribution in [0.25, 0.3) is 16.7 Å². The molecule has 0 atom stereocenters. The lowest BCUT2D eigenvalue weighted by molar-refractivity contribution is -0.137. The molecule has 1 fully saturated rings. The summed E-state index contributed by atoms with van der Waals surface area (Å²) < 4.78 is 47.5. The number of ether oxygens (including phenoxy) is 1. The van der Waals surface area contributed by atoms with Crippen LogP contribution in [0.5, 0.6) is 0 Å². The number of nitrogens with zero attached hydrogens (tertiary/aromatic N) is 5. The molecule has 4 aromatic rings. The molecule has 0 bridgehead atoms. The number of fused-ring (bicyclic) bond motifs is 3. The van der Waals surface area contributed by atoms with Gasteiger partial charge in [-0.1, -0.05) is 24.3 Å². The van der Waals surface area contributed by atoms with E-state index in [1.807, 2.05) is 4.90 Å². The number of para-hydroxylation sites is 3. The lowest BCUT2D eigenvalue weighted by atomic mass is 10.1. The van der Waals surface area contributed by atoms with Gasteiger partial charge in [0.25, 0.3) is 0 Å². The molecule has 2 aromatic heterocycles. The van der Waals surface area contributed by atoms with Gasteiger partial charge in [0.05, 0.1) is 35.5 Å². The Morgan fingerprint density at radius 1 is 1.06 bits per heavy atom. The van der Waals surface area contributed by atoms with Crippen molar-refractivity contribution in [1.29, 1.82) is 0 Å². The molecule has 1 N–H and O–H groups in total. The molecule has 5 rings (SSSR count). The SMILES string of the molecule is O=C(Cn1nc2c(N3CCOCC3)nc3ccccc3n2c1=O)Nc1ccccc1C(F)(F)F. The van der Waals surface area contributed by atoms with Crippen LogP contribution in [-0.4, -0.2) is 51.4 Å². The number of halogens is 3.